The van der Waals surface area contributed by atoms with Crippen molar-refractivity contribution in [3.05, 3.63) is 0 Å². The predicted molar refractivity (Wildman–Crippen MR) is 47.6 cm³/mol. The third-order valence-electron chi connectivity index (χ3n) is 3.54. The van der Waals surface area contributed by atoms with E-state index in [1.807, 2.05) is 0 Å². The molecule has 2 aliphatic carbocycles. The van der Waals surface area contributed by atoms with Gasteiger partial charge in [0.15, 0.2) is 0 Å². The van der Waals surface area contributed by atoms with Crippen LogP contribution in [0.1, 0.15) is 44.9 Å². The maximum Gasteiger partial charge on any atom is 0.116 e. The number of halogens is 1. The Morgan fingerprint density at radius 3 is 2.17 bits per heavy atom. The molecule has 0 aromatic heterocycles. The predicted octanol–water partition coefficient (Wildman–Crippen LogP) is 2.40. The third-order valence-corrected chi connectivity index (χ3v) is 3.54. The minimum absolute atomic E-state index is 0.150. The van der Waals surface area contributed by atoms with Crippen molar-refractivity contribution in [3.63, 3.8) is 0 Å². The molecule has 0 radical (unpaired) electrons. The highest BCUT2D eigenvalue weighted by Gasteiger charge is 2.48. The van der Waals surface area contributed by atoms with Crippen LogP contribution >= 0.6 is 0 Å². The summed E-state index contributed by atoms with van der Waals surface area (Å²) in [6.45, 7) is 0. The van der Waals surface area contributed by atoms with Crippen molar-refractivity contribution < 1.29 is 4.39 Å². The van der Waals surface area contributed by atoms with Crippen molar-refractivity contribution >= 4 is 0 Å². The number of hydrogen-bond donors (Lipinski definition) is 1. The van der Waals surface area contributed by atoms with Gasteiger partial charge in [0.25, 0.3) is 0 Å². The van der Waals surface area contributed by atoms with Crippen molar-refractivity contribution in [2.24, 2.45) is 11.7 Å². The zero-order valence-electron chi connectivity index (χ0n) is 7.56. The molecule has 0 spiro atoms. The van der Waals surface area contributed by atoms with Gasteiger partial charge in [0, 0.05) is 6.04 Å². The van der Waals surface area contributed by atoms with Crippen molar-refractivity contribution in [1.29, 1.82) is 0 Å². The highest BCUT2D eigenvalue weighted by atomic mass is 19.1. The summed E-state index contributed by atoms with van der Waals surface area (Å²) in [6.07, 6.45) is 7.21. The fourth-order valence-electron chi connectivity index (χ4n) is 2.77. The maximum atomic E-state index is 14.0. The van der Waals surface area contributed by atoms with Crippen molar-refractivity contribution in [2.75, 3.05) is 0 Å². The zero-order valence-corrected chi connectivity index (χ0v) is 7.56. The fraction of sp³-hybridized carbons (Fsp3) is 1.00. The van der Waals surface area contributed by atoms with E-state index < -0.39 is 5.67 Å². The van der Waals surface area contributed by atoms with Gasteiger partial charge in [-0.2, -0.15) is 0 Å². The summed E-state index contributed by atoms with van der Waals surface area (Å²) < 4.78 is 14.0. The molecule has 0 aromatic carbocycles. The second-order valence-corrected chi connectivity index (χ2v) is 4.54. The van der Waals surface area contributed by atoms with E-state index in [4.69, 9.17) is 5.73 Å². The first-order valence-electron chi connectivity index (χ1n) is 5.15. The fourth-order valence-corrected chi connectivity index (χ4v) is 2.77. The van der Waals surface area contributed by atoms with Gasteiger partial charge in [-0.25, -0.2) is 4.39 Å². The smallest absolute Gasteiger partial charge is 0.116 e. The Labute approximate surface area is 73.5 Å². The van der Waals surface area contributed by atoms with Gasteiger partial charge >= 0.3 is 0 Å². The van der Waals surface area contributed by atoms with Crippen LogP contribution in [0.25, 0.3) is 0 Å². The lowest BCUT2D eigenvalue weighted by Crippen LogP contribution is -2.53. The summed E-state index contributed by atoms with van der Waals surface area (Å²) in [4.78, 5) is 0. The third kappa shape index (κ3) is 1.37. The topological polar surface area (TPSA) is 26.0 Å². The molecule has 0 saturated heterocycles. The molecule has 1 nitrogen and oxygen atoms in total. The van der Waals surface area contributed by atoms with E-state index in [2.05, 4.69) is 0 Å². The lowest BCUT2D eigenvalue weighted by Gasteiger charge is -2.46. The van der Waals surface area contributed by atoms with Gasteiger partial charge in [0.1, 0.15) is 5.67 Å². The van der Waals surface area contributed by atoms with Crippen LogP contribution in [0, 0.1) is 5.92 Å². The molecule has 0 atom stereocenters. The highest BCUT2D eigenvalue weighted by Crippen LogP contribution is 2.47. The molecule has 2 N–H and O–H groups in total. The molecular weight excluding hydrogens is 153 g/mol. The molecule has 0 amide bonds. The van der Waals surface area contributed by atoms with E-state index in [0.717, 1.165) is 12.8 Å². The van der Waals surface area contributed by atoms with Gasteiger partial charge in [-0.1, -0.05) is 19.3 Å². The second-order valence-electron chi connectivity index (χ2n) is 4.54. The summed E-state index contributed by atoms with van der Waals surface area (Å²) in [5.74, 6) is 0.339. The Bertz CT molecular complexity index is 157. The van der Waals surface area contributed by atoms with E-state index in [1.54, 1.807) is 0 Å². The summed E-state index contributed by atoms with van der Waals surface area (Å²) in [5, 5.41) is 0. The summed E-state index contributed by atoms with van der Waals surface area (Å²) in [7, 11) is 0. The van der Waals surface area contributed by atoms with Gasteiger partial charge in [0.05, 0.1) is 0 Å². The molecule has 70 valence electrons. The quantitative estimate of drug-likeness (QED) is 0.644. The standard InChI is InChI=1S/C10H18FN/c11-10(6-9(12)7-10)8-4-2-1-3-5-8/h8-9H,1-7,12H2. The highest BCUT2D eigenvalue weighted by molar-refractivity contribution is 5.01. The number of hydrogen-bond acceptors (Lipinski definition) is 1. The normalized spacial score (nSPS) is 44.0. The average Bonchev–Trinajstić information content (AvgIpc) is 2.04. The van der Waals surface area contributed by atoms with Gasteiger partial charge in [-0.05, 0) is 31.6 Å². The van der Waals surface area contributed by atoms with Gasteiger partial charge in [0.2, 0.25) is 0 Å². The minimum Gasteiger partial charge on any atom is -0.327 e. The molecule has 0 aliphatic heterocycles. The van der Waals surface area contributed by atoms with Crippen LogP contribution in [-0.4, -0.2) is 11.7 Å². The minimum atomic E-state index is -0.861. The molecule has 12 heavy (non-hydrogen) atoms. The van der Waals surface area contributed by atoms with E-state index >= 15 is 0 Å². The summed E-state index contributed by atoms with van der Waals surface area (Å²) in [5.41, 5.74) is 4.76. The van der Waals surface area contributed by atoms with E-state index in [-0.39, 0.29) is 6.04 Å². The molecular formula is C10H18FN. The number of nitrogens with two attached hydrogens (primary N) is 1. The van der Waals surface area contributed by atoms with Crippen LogP contribution in [0.3, 0.4) is 0 Å². The van der Waals surface area contributed by atoms with Gasteiger partial charge in [-0.15, -0.1) is 0 Å². The largest absolute Gasteiger partial charge is 0.327 e. The number of alkyl halides is 1. The SMILES string of the molecule is NC1CC(F)(C2CCCCC2)C1. The van der Waals surface area contributed by atoms with Crippen LogP contribution in [0.5, 0.6) is 0 Å². The molecule has 0 bridgehead atoms. The summed E-state index contributed by atoms with van der Waals surface area (Å²) in [6, 6.07) is 0.150. The van der Waals surface area contributed by atoms with Crippen LogP contribution in [0.2, 0.25) is 0 Å². The van der Waals surface area contributed by atoms with Crippen molar-refractivity contribution in [1.82, 2.24) is 0 Å². The van der Waals surface area contributed by atoms with Gasteiger partial charge in [-0.3, -0.25) is 0 Å². The van der Waals surface area contributed by atoms with E-state index in [1.165, 1.54) is 19.3 Å². The van der Waals surface area contributed by atoms with Crippen LogP contribution in [0.4, 0.5) is 4.39 Å². The molecule has 2 aliphatic rings. The van der Waals surface area contributed by atoms with Crippen LogP contribution in [-0.2, 0) is 0 Å². The average molecular weight is 171 g/mol. The van der Waals surface area contributed by atoms with Crippen LogP contribution in [0.15, 0.2) is 0 Å². The van der Waals surface area contributed by atoms with Crippen molar-refractivity contribution in [2.45, 2.75) is 56.7 Å². The molecule has 0 heterocycles. The first-order chi connectivity index (χ1) is 5.71. The number of rotatable bonds is 1. The molecule has 0 aromatic rings. The lowest BCUT2D eigenvalue weighted by molar-refractivity contribution is -0.0303. The van der Waals surface area contributed by atoms with Gasteiger partial charge < -0.3 is 5.73 Å². The Kier molecular flexibility index (Phi) is 2.11. The zero-order chi connectivity index (χ0) is 8.60. The van der Waals surface area contributed by atoms with Crippen LogP contribution < -0.4 is 5.73 Å². The molecule has 0 unspecified atom stereocenters. The monoisotopic (exact) mass is 171 g/mol. The van der Waals surface area contributed by atoms with E-state index in [0.29, 0.717) is 18.8 Å². The lowest BCUT2D eigenvalue weighted by atomic mass is 9.65. The Hall–Kier alpha value is -0.110. The first-order valence-corrected chi connectivity index (χ1v) is 5.15. The Morgan fingerprint density at radius 2 is 1.67 bits per heavy atom. The van der Waals surface area contributed by atoms with Crippen molar-refractivity contribution in [3.8, 4) is 0 Å². The second kappa shape index (κ2) is 2.99. The molecule has 2 saturated carbocycles. The Balaban J connectivity index is 1.90. The first kappa shape index (κ1) is 8.49. The summed E-state index contributed by atoms with van der Waals surface area (Å²) >= 11 is 0. The van der Waals surface area contributed by atoms with E-state index in [9.17, 15) is 4.39 Å². The molecule has 2 heteroatoms. The molecule has 2 rings (SSSR count). The Morgan fingerprint density at radius 1 is 1.08 bits per heavy atom. The maximum absolute atomic E-state index is 14.0. The molecule has 2 fully saturated rings.